The summed E-state index contributed by atoms with van der Waals surface area (Å²) in [5.74, 6) is -0.583. The zero-order valence-corrected chi connectivity index (χ0v) is 14.7. The van der Waals surface area contributed by atoms with E-state index in [2.05, 4.69) is 10.3 Å². The normalized spacial score (nSPS) is 12.1. The third kappa shape index (κ3) is 3.50. The lowest BCUT2D eigenvalue weighted by Gasteiger charge is -2.11. The second-order valence-corrected chi connectivity index (χ2v) is 7.70. The molecule has 27 heavy (non-hydrogen) atoms. The third-order valence-electron chi connectivity index (χ3n) is 3.95. The van der Waals surface area contributed by atoms with E-state index in [4.69, 9.17) is 0 Å². The number of fused-ring (bicyclic) bond motifs is 1. The molecule has 0 aliphatic heterocycles. The third-order valence-corrected chi connectivity index (χ3v) is 5.45. The molecule has 0 bridgehead atoms. The van der Waals surface area contributed by atoms with Crippen molar-refractivity contribution in [2.24, 2.45) is 0 Å². The van der Waals surface area contributed by atoms with Gasteiger partial charge in [-0.2, -0.15) is 13.2 Å². The molecule has 0 spiro atoms. The number of alkyl halides is 3. The molecule has 0 saturated heterocycles. The molecule has 1 amide bonds. The molecule has 0 atom stereocenters. The lowest BCUT2D eigenvalue weighted by atomic mass is 10.1. The van der Waals surface area contributed by atoms with Crippen LogP contribution in [0.1, 0.15) is 15.9 Å². The SMILES string of the molecule is Cc1ccc(NC(=O)c2ccc(S(=O)(=O)C(F)(F)F)cc2)c2cccnc12. The van der Waals surface area contributed by atoms with Gasteiger partial charge in [-0.15, -0.1) is 0 Å². The first-order valence-corrected chi connectivity index (χ1v) is 9.17. The number of halogens is 3. The van der Waals surface area contributed by atoms with E-state index in [1.807, 2.05) is 6.92 Å². The molecule has 0 saturated carbocycles. The zero-order chi connectivity index (χ0) is 19.8. The van der Waals surface area contributed by atoms with Gasteiger partial charge in [0.25, 0.3) is 15.7 Å². The summed E-state index contributed by atoms with van der Waals surface area (Å²) in [6.07, 6.45) is 1.63. The Balaban J connectivity index is 1.89. The average Bonchev–Trinajstić information content (AvgIpc) is 2.63. The van der Waals surface area contributed by atoms with Gasteiger partial charge in [0.05, 0.1) is 16.1 Å². The molecule has 140 valence electrons. The smallest absolute Gasteiger partial charge is 0.321 e. The second kappa shape index (κ2) is 6.66. The van der Waals surface area contributed by atoms with Crippen LogP contribution < -0.4 is 5.32 Å². The van der Waals surface area contributed by atoms with Crippen LogP contribution in [0.2, 0.25) is 0 Å². The van der Waals surface area contributed by atoms with Crippen LogP contribution in [0.5, 0.6) is 0 Å². The lowest BCUT2D eigenvalue weighted by Crippen LogP contribution is -2.23. The van der Waals surface area contributed by atoms with E-state index in [0.29, 0.717) is 16.6 Å². The number of benzene rings is 2. The Bertz CT molecular complexity index is 1120. The van der Waals surface area contributed by atoms with Gasteiger partial charge in [-0.25, -0.2) is 8.42 Å². The highest BCUT2D eigenvalue weighted by molar-refractivity contribution is 7.92. The van der Waals surface area contributed by atoms with Crippen LogP contribution in [0, 0.1) is 6.92 Å². The molecule has 0 aliphatic carbocycles. The number of aryl methyl sites for hydroxylation is 1. The van der Waals surface area contributed by atoms with Crippen molar-refractivity contribution < 1.29 is 26.4 Å². The number of aromatic nitrogens is 1. The quantitative estimate of drug-likeness (QED) is 0.726. The van der Waals surface area contributed by atoms with Gasteiger partial charge in [0.2, 0.25) is 0 Å². The number of nitrogens with zero attached hydrogens (tertiary/aromatic N) is 1. The topological polar surface area (TPSA) is 76.1 Å². The summed E-state index contributed by atoms with van der Waals surface area (Å²) < 4.78 is 60.5. The Morgan fingerprint density at radius 1 is 1.04 bits per heavy atom. The van der Waals surface area contributed by atoms with Crippen LogP contribution in [-0.2, 0) is 9.84 Å². The van der Waals surface area contributed by atoms with Gasteiger partial charge in [-0.3, -0.25) is 9.78 Å². The zero-order valence-electron chi connectivity index (χ0n) is 13.9. The van der Waals surface area contributed by atoms with Crippen LogP contribution in [0.4, 0.5) is 18.9 Å². The molecule has 0 fully saturated rings. The van der Waals surface area contributed by atoms with E-state index in [-0.39, 0.29) is 5.56 Å². The summed E-state index contributed by atoms with van der Waals surface area (Å²) in [5.41, 5.74) is -3.26. The predicted octanol–water partition coefficient (Wildman–Crippen LogP) is 4.09. The molecule has 3 rings (SSSR count). The lowest BCUT2D eigenvalue weighted by molar-refractivity contribution is -0.0436. The molecule has 2 aromatic carbocycles. The molecule has 0 aliphatic rings. The van der Waals surface area contributed by atoms with Crippen LogP contribution in [0.25, 0.3) is 10.9 Å². The van der Waals surface area contributed by atoms with Crippen molar-refractivity contribution >= 4 is 32.3 Å². The minimum Gasteiger partial charge on any atom is -0.321 e. The van der Waals surface area contributed by atoms with E-state index in [9.17, 15) is 26.4 Å². The number of sulfone groups is 1. The Morgan fingerprint density at radius 3 is 2.33 bits per heavy atom. The van der Waals surface area contributed by atoms with Crippen LogP contribution in [0.15, 0.2) is 59.6 Å². The van der Waals surface area contributed by atoms with E-state index in [0.717, 1.165) is 29.8 Å². The van der Waals surface area contributed by atoms with E-state index >= 15 is 0 Å². The maximum Gasteiger partial charge on any atom is 0.501 e. The van der Waals surface area contributed by atoms with Crippen LogP contribution >= 0.6 is 0 Å². The number of rotatable bonds is 3. The Morgan fingerprint density at radius 2 is 1.70 bits per heavy atom. The maximum absolute atomic E-state index is 12.6. The molecule has 0 radical (unpaired) electrons. The van der Waals surface area contributed by atoms with Crippen molar-refractivity contribution in [2.45, 2.75) is 17.3 Å². The summed E-state index contributed by atoms with van der Waals surface area (Å²) in [6.45, 7) is 1.88. The summed E-state index contributed by atoms with van der Waals surface area (Å²) in [6, 6.07) is 10.5. The molecule has 0 unspecified atom stereocenters. The first-order valence-electron chi connectivity index (χ1n) is 7.68. The largest absolute Gasteiger partial charge is 0.501 e. The van der Waals surface area contributed by atoms with Crippen molar-refractivity contribution in [1.29, 1.82) is 0 Å². The highest BCUT2D eigenvalue weighted by atomic mass is 32.2. The van der Waals surface area contributed by atoms with Crippen molar-refractivity contribution in [3.63, 3.8) is 0 Å². The fraction of sp³-hybridized carbons (Fsp3) is 0.111. The number of hydrogen-bond donors (Lipinski definition) is 1. The number of hydrogen-bond acceptors (Lipinski definition) is 4. The van der Waals surface area contributed by atoms with Gasteiger partial charge in [-0.1, -0.05) is 6.07 Å². The summed E-state index contributed by atoms with van der Waals surface area (Å²) in [5, 5.41) is 3.38. The first-order chi connectivity index (χ1) is 12.6. The van der Waals surface area contributed by atoms with Gasteiger partial charge in [-0.05, 0) is 55.0 Å². The monoisotopic (exact) mass is 394 g/mol. The van der Waals surface area contributed by atoms with E-state index in [1.54, 1.807) is 30.5 Å². The van der Waals surface area contributed by atoms with Crippen molar-refractivity contribution in [1.82, 2.24) is 4.98 Å². The Hall–Kier alpha value is -2.94. The summed E-state index contributed by atoms with van der Waals surface area (Å²) >= 11 is 0. The maximum atomic E-state index is 12.6. The van der Waals surface area contributed by atoms with Gasteiger partial charge in [0.15, 0.2) is 0 Å². The fourth-order valence-electron chi connectivity index (χ4n) is 2.54. The van der Waals surface area contributed by atoms with Crippen LogP contribution in [0.3, 0.4) is 0 Å². The minimum atomic E-state index is -5.45. The Labute approximate surface area is 152 Å². The highest BCUT2D eigenvalue weighted by Gasteiger charge is 2.46. The number of carbonyl (C=O) groups is 1. The molecular weight excluding hydrogens is 381 g/mol. The number of pyridine rings is 1. The number of nitrogens with one attached hydrogen (secondary N) is 1. The molecule has 3 aromatic rings. The number of anilines is 1. The van der Waals surface area contributed by atoms with Crippen LogP contribution in [-0.4, -0.2) is 24.8 Å². The molecular formula is C18H13F3N2O3S. The van der Waals surface area contributed by atoms with Crippen molar-refractivity contribution in [2.75, 3.05) is 5.32 Å². The number of amides is 1. The van der Waals surface area contributed by atoms with Crippen molar-refractivity contribution in [3.8, 4) is 0 Å². The van der Waals surface area contributed by atoms with E-state index in [1.165, 1.54) is 0 Å². The average molecular weight is 394 g/mol. The summed E-state index contributed by atoms with van der Waals surface area (Å²) in [4.78, 5) is 15.7. The predicted molar refractivity (Wildman–Crippen MR) is 94.1 cm³/mol. The number of carbonyl (C=O) groups excluding carboxylic acids is 1. The van der Waals surface area contributed by atoms with Gasteiger partial charge in [0.1, 0.15) is 0 Å². The molecule has 1 aromatic heterocycles. The van der Waals surface area contributed by atoms with Gasteiger partial charge < -0.3 is 5.32 Å². The Kier molecular flexibility index (Phi) is 4.64. The molecule has 5 nitrogen and oxygen atoms in total. The first kappa shape index (κ1) is 18.8. The summed E-state index contributed by atoms with van der Waals surface area (Å²) in [7, 11) is -5.45. The van der Waals surface area contributed by atoms with Gasteiger partial charge >= 0.3 is 5.51 Å². The fourth-order valence-corrected chi connectivity index (χ4v) is 3.30. The van der Waals surface area contributed by atoms with Gasteiger partial charge in [0, 0.05) is 17.1 Å². The molecule has 1 N–H and O–H groups in total. The minimum absolute atomic E-state index is 0.0220. The van der Waals surface area contributed by atoms with E-state index < -0.39 is 26.1 Å². The second-order valence-electron chi connectivity index (χ2n) is 5.76. The standard InChI is InChI=1S/C18H13F3N2O3S/c1-11-4-9-15(14-3-2-10-22-16(11)14)23-17(24)12-5-7-13(8-6-12)27(25,26)18(19,20)21/h2-10H,1H3,(H,23,24). The highest BCUT2D eigenvalue weighted by Crippen LogP contribution is 2.30. The molecule has 1 heterocycles. The molecule has 9 heteroatoms. The van der Waals surface area contributed by atoms with Crippen molar-refractivity contribution in [3.05, 3.63) is 65.9 Å².